The first-order valence-corrected chi connectivity index (χ1v) is 6.22. The van der Waals surface area contributed by atoms with Crippen molar-refractivity contribution < 1.29 is 0 Å². The van der Waals surface area contributed by atoms with Gasteiger partial charge in [-0.2, -0.15) is 4.52 Å². The van der Waals surface area contributed by atoms with Crippen LogP contribution < -0.4 is 11.3 Å². The summed E-state index contributed by atoms with van der Waals surface area (Å²) in [5.74, 6) is 0.326. The Morgan fingerprint density at radius 2 is 1.55 bits per heavy atom. The molecular weight excluding hydrogens is 252 g/mol. The molecule has 0 bridgehead atoms. The van der Waals surface area contributed by atoms with Crippen LogP contribution in [0.25, 0.3) is 27.3 Å². The van der Waals surface area contributed by atoms with Crippen molar-refractivity contribution in [2.24, 2.45) is 0 Å². The molecule has 0 radical (unpaired) electrons. The Bertz CT molecular complexity index is 1040. The van der Waals surface area contributed by atoms with Crippen LogP contribution in [0.15, 0.2) is 53.3 Å². The van der Waals surface area contributed by atoms with E-state index in [1.54, 1.807) is 6.07 Å². The second kappa shape index (κ2) is 3.77. The number of nitrogens with zero attached hydrogens (tertiary/aromatic N) is 3. The maximum absolute atomic E-state index is 12.5. The number of benzene rings is 2. The van der Waals surface area contributed by atoms with Gasteiger partial charge in [0.05, 0.1) is 10.9 Å². The predicted octanol–water partition coefficient (Wildman–Crippen LogP) is 1.98. The summed E-state index contributed by atoms with van der Waals surface area (Å²) in [6.07, 6.45) is 0. The van der Waals surface area contributed by atoms with Crippen LogP contribution in [0.1, 0.15) is 0 Å². The van der Waals surface area contributed by atoms with E-state index in [0.717, 1.165) is 10.8 Å². The van der Waals surface area contributed by atoms with Crippen LogP contribution >= 0.6 is 0 Å². The van der Waals surface area contributed by atoms with Gasteiger partial charge in [-0.1, -0.05) is 36.4 Å². The standard InChI is InChI=1S/C15H10N4O/c16-13-9-5-1-2-6-10(9)14-17-12-8-4-3-7-11(12)15(20)19(14)18-13/h1-8H,(H2,16,18). The molecule has 0 saturated heterocycles. The number of nitrogens with two attached hydrogens (primary N) is 1. The number of rotatable bonds is 0. The molecule has 4 rings (SSSR count). The van der Waals surface area contributed by atoms with Gasteiger partial charge >= 0.3 is 0 Å². The quantitative estimate of drug-likeness (QED) is 0.388. The first kappa shape index (κ1) is 10.9. The minimum Gasteiger partial charge on any atom is -0.382 e. The molecule has 2 aromatic carbocycles. The molecule has 0 aliphatic rings. The van der Waals surface area contributed by atoms with Gasteiger partial charge in [0.1, 0.15) is 0 Å². The molecule has 2 heterocycles. The van der Waals surface area contributed by atoms with E-state index >= 15 is 0 Å². The van der Waals surface area contributed by atoms with Gasteiger partial charge in [0.15, 0.2) is 11.5 Å². The average Bonchev–Trinajstić information content (AvgIpc) is 2.49. The molecule has 0 unspecified atom stereocenters. The number of anilines is 1. The van der Waals surface area contributed by atoms with Crippen LogP contribution in [-0.4, -0.2) is 14.6 Å². The lowest BCUT2D eigenvalue weighted by Gasteiger charge is -2.07. The van der Waals surface area contributed by atoms with Crippen LogP contribution in [0, 0.1) is 0 Å². The summed E-state index contributed by atoms with van der Waals surface area (Å²) in [5, 5.41) is 6.33. The summed E-state index contributed by atoms with van der Waals surface area (Å²) < 4.78 is 1.28. The van der Waals surface area contributed by atoms with Gasteiger partial charge in [-0.15, -0.1) is 5.10 Å². The minimum atomic E-state index is -0.206. The van der Waals surface area contributed by atoms with Crippen molar-refractivity contribution in [1.29, 1.82) is 0 Å². The molecule has 0 saturated carbocycles. The Morgan fingerprint density at radius 3 is 2.35 bits per heavy atom. The Balaban J connectivity index is 2.38. The summed E-state index contributed by atoms with van der Waals surface area (Å²) in [7, 11) is 0. The third kappa shape index (κ3) is 1.34. The monoisotopic (exact) mass is 262 g/mol. The molecule has 20 heavy (non-hydrogen) atoms. The molecule has 0 fully saturated rings. The molecule has 2 N–H and O–H groups in total. The Labute approximate surface area is 113 Å². The Morgan fingerprint density at radius 1 is 0.900 bits per heavy atom. The topological polar surface area (TPSA) is 73.3 Å². The van der Waals surface area contributed by atoms with Gasteiger partial charge in [0.2, 0.25) is 0 Å². The summed E-state index contributed by atoms with van der Waals surface area (Å²) in [6.45, 7) is 0. The fraction of sp³-hybridized carbons (Fsp3) is 0. The molecule has 0 atom stereocenters. The summed E-state index contributed by atoms with van der Waals surface area (Å²) in [4.78, 5) is 17.0. The normalized spacial score (nSPS) is 11.4. The fourth-order valence-electron chi connectivity index (χ4n) is 2.45. The first-order valence-electron chi connectivity index (χ1n) is 6.22. The van der Waals surface area contributed by atoms with Gasteiger partial charge < -0.3 is 5.73 Å². The zero-order valence-corrected chi connectivity index (χ0v) is 10.4. The highest BCUT2D eigenvalue weighted by molar-refractivity contribution is 6.00. The Hall–Kier alpha value is -2.95. The van der Waals surface area contributed by atoms with E-state index in [2.05, 4.69) is 10.1 Å². The van der Waals surface area contributed by atoms with Crippen molar-refractivity contribution in [2.45, 2.75) is 0 Å². The van der Waals surface area contributed by atoms with E-state index in [1.807, 2.05) is 42.5 Å². The highest BCUT2D eigenvalue weighted by Gasteiger charge is 2.11. The number of para-hydroxylation sites is 1. The predicted molar refractivity (Wildman–Crippen MR) is 78.7 cm³/mol. The van der Waals surface area contributed by atoms with Gasteiger partial charge in [0.25, 0.3) is 5.56 Å². The molecule has 2 aromatic heterocycles. The van der Waals surface area contributed by atoms with Crippen LogP contribution in [0.3, 0.4) is 0 Å². The molecule has 0 amide bonds. The van der Waals surface area contributed by atoms with Gasteiger partial charge in [-0.25, -0.2) is 4.98 Å². The van der Waals surface area contributed by atoms with Crippen molar-refractivity contribution in [3.05, 3.63) is 58.9 Å². The number of aromatic nitrogens is 3. The van der Waals surface area contributed by atoms with E-state index in [0.29, 0.717) is 22.4 Å². The van der Waals surface area contributed by atoms with E-state index in [9.17, 15) is 4.79 Å². The molecule has 0 aliphatic heterocycles. The van der Waals surface area contributed by atoms with Crippen molar-refractivity contribution in [3.8, 4) is 0 Å². The van der Waals surface area contributed by atoms with Crippen molar-refractivity contribution in [3.63, 3.8) is 0 Å². The van der Waals surface area contributed by atoms with Gasteiger partial charge in [-0.3, -0.25) is 4.79 Å². The number of fused-ring (bicyclic) bond motifs is 4. The lowest BCUT2D eigenvalue weighted by Crippen LogP contribution is -2.19. The van der Waals surface area contributed by atoms with Crippen LogP contribution in [-0.2, 0) is 0 Å². The zero-order chi connectivity index (χ0) is 13.7. The van der Waals surface area contributed by atoms with Crippen LogP contribution in [0.2, 0.25) is 0 Å². The molecule has 0 aliphatic carbocycles. The fourth-order valence-corrected chi connectivity index (χ4v) is 2.45. The average molecular weight is 262 g/mol. The summed E-state index contributed by atoms with van der Waals surface area (Å²) in [5.41, 5.74) is 6.92. The van der Waals surface area contributed by atoms with Crippen LogP contribution in [0.5, 0.6) is 0 Å². The van der Waals surface area contributed by atoms with Gasteiger partial charge in [0, 0.05) is 10.8 Å². The SMILES string of the molecule is Nc1nn2c(=O)c3ccccc3nc2c2ccccc12. The maximum Gasteiger partial charge on any atom is 0.282 e. The summed E-state index contributed by atoms with van der Waals surface area (Å²) >= 11 is 0. The van der Waals surface area contributed by atoms with E-state index in [1.165, 1.54) is 4.52 Å². The first-order chi connectivity index (χ1) is 9.75. The molecule has 0 spiro atoms. The maximum atomic E-state index is 12.5. The second-order valence-corrected chi connectivity index (χ2v) is 4.60. The molecule has 5 heteroatoms. The molecule has 96 valence electrons. The third-order valence-electron chi connectivity index (χ3n) is 3.41. The number of hydrogen-bond donors (Lipinski definition) is 1. The zero-order valence-electron chi connectivity index (χ0n) is 10.4. The van der Waals surface area contributed by atoms with E-state index in [-0.39, 0.29) is 5.56 Å². The lowest BCUT2D eigenvalue weighted by atomic mass is 10.1. The van der Waals surface area contributed by atoms with E-state index in [4.69, 9.17) is 5.73 Å². The Kier molecular flexibility index (Phi) is 2.06. The second-order valence-electron chi connectivity index (χ2n) is 4.60. The molecule has 5 nitrogen and oxygen atoms in total. The third-order valence-corrected chi connectivity index (χ3v) is 3.41. The lowest BCUT2D eigenvalue weighted by molar-refractivity contribution is 0.899. The smallest absolute Gasteiger partial charge is 0.282 e. The van der Waals surface area contributed by atoms with Gasteiger partial charge in [-0.05, 0) is 12.1 Å². The highest BCUT2D eigenvalue weighted by Crippen LogP contribution is 2.22. The highest BCUT2D eigenvalue weighted by atomic mass is 16.1. The van der Waals surface area contributed by atoms with E-state index < -0.39 is 0 Å². The number of nitrogen functional groups attached to an aromatic ring is 1. The van der Waals surface area contributed by atoms with Crippen molar-refractivity contribution >= 4 is 33.1 Å². The summed E-state index contributed by atoms with van der Waals surface area (Å²) in [6, 6.07) is 14.8. The van der Waals surface area contributed by atoms with Crippen LogP contribution in [0.4, 0.5) is 5.82 Å². The van der Waals surface area contributed by atoms with Crippen molar-refractivity contribution in [1.82, 2.24) is 14.6 Å². The largest absolute Gasteiger partial charge is 0.382 e. The minimum absolute atomic E-state index is 0.206. The van der Waals surface area contributed by atoms with Crippen molar-refractivity contribution in [2.75, 3.05) is 5.73 Å². The molecular formula is C15H10N4O. The molecule has 4 aromatic rings. The number of hydrogen-bond acceptors (Lipinski definition) is 4.